The Hall–Kier alpha value is -1.02. The van der Waals surface area contributed by atoms with Crippen LogP contribution in [0.25, 0.3) is 0 Å². The molecule has 1 N–H and O–H groups in total. The molecule has 118 valence electrons. The summed E-state index contributed by atoms with van der Waals surface area (Å²) in [7, 11) is 0. The highest BCUT2D eigenvalue weighted by Crippen LogP contribution is 2.34. The van der Waals surface area contributed by atoms with Crippen molar-refractivity contribution in [2.75, 3.05) is 13.2 Å². The van der Waals surface area contributed by atoms with Gasteiger partial charge in [0.1, 0.15) is 5.75 Å². The van der Waals surface area contributed by atoms with Gasteiger partial charge in [0.05, 0.1) is 6.61 Å². The van der Waals surface area contributed by atoms with E-state index in [0.717, 1.165) is 31.2 Å². The molecule has 1 unspecified atom stereocenters. The molecule has 1 saturated carbocycles. The normalized spacial score (nSPS) is 17.6. The lowest BCUT2D eigenvalue weighted by molar-refractivity contribution is 0.274. The van der Waals surface area contributed by atoms with Crippen LogP contribution in [-0.2, 0) is 0 Å². The zero-order valence-corrected chi connectivity index (χ0v) is 13.7. The molecule has 1 aliphatic carbocycles. The molecule has 1 aromatic rings. The lowest BCUT2D eigenvalue weighted by Crippen LogP contribution is -2.29. The first-order chi connectivity index (χ1) is 10.3. The average molecular weight is 289 g/mol. The molecule has 1 fully saturated rings. The maximum Gasteiger partial charge on any atom is 0.119 e. The number of nitrogens with one attached hydrogen (secondary N) is 1. The Labute approximate surface area is 130 Å². The van der Waals surface area contributed by atoms with Crippen LogP contribution in [0.5, 0.6) is 5.75 Å². The Morgan fingerprint density at radius 1 is 1.10 bits per heavy atom. The maximum absolute atomic E-state index is 5.77. The molecule has 0 bridgehead atoms. The summed E-state index contributed by atoms with van der Waals surface area (Å²) in [5, 5.41) is 3.70. The van der Waals surface area contributed by atoms with E-state index >= 15 is 0 Å². The summed E-state index contributed by atoms with van der Waals surface area (Å²) < 4.78 is 5.77. The van der Waals surface area contributed by atoms with Crippen LogP contribution in [0, 0.1) is 5.92 Å². The van der Waals surface area contributed by atoms with Crippen molar-refractivity contribution in [1.82, 2.24) is 5.32 Å². The molecule has 2 rings (SSSR count). The van der Waals surface area contributed by atoms with Crippen molar-refractivity contribution in [1.29, 1.82) is 0 Å². The quantitative estimate of drug-likeness (QED) is 0.672. The summed E-state index contributed by atoms with van der Waals surface area (Å²) in [5.41, 5.74) is 1.42. The van der Waals surface area contributed by atoms with Crippen LogP contribution in [0.15, 0.2) is 24.3 Å². The lowest BCUT2D eigenvalue weighted by atomic mass is 9.81. The van der Waals surface area contributed by atoms with E-state index in [1.165, 1.54) is 44.1 Å². The summed E-state index contributed by atoms with van der Waals surface area (Å²) in [6, 6.07) is 9.29. The lowest BCUT2D eigenvalue weighted by Gasteiger charge is -2.31. The van der Waals surface area contributed by atoms with Crippen LogP contribution in [0.2, 0.25) is 0 Å². The fourth-order valence-corrected chi connectivity index (χ4v) is 3.35. The molecule has 0 saturated heterocycles. The first kappa shape index (κ1) is 16.4. The number of unbranched alkanes of at least 4 members (excludes halogenated alkanes) is 1. The first-order valence-electron chi connectivity index (χ1n) is 8.81. The molecular formula is C19H31NO. The fraction of sp³-hybridized carbons (Fsp3) is 0.684. The van der Waals surface area contributed by atoms with Crippen LogP contribution in [0.1, 0.15) is 70.4 Å². The van der Waals surface area contributed by atoms with Crippen molar-refractivity contribution in [3.63, 3.8) is 0 Å². The van der Waals surface area contributed by atoms with Crippen molar-refractivity contribution in [2.45, 2.75) is 64.8 Å². The number of benzene rings is 1. The Morgan fingerprint density at radius 3 is 2.43 bits per heavy atom. The molecule has 2 nitrogen and oxygen atoms in total. The van der Waals surface area contributed by atoms with Gasteiger partial charge < -0.3 is 10.1 Å². The van der Waals surface area contributed by atoms with Gasteiger partial charge in [-0.05, 0) is 49.4 Å². The number of rotatable bonds is 8. The molecule has 0 spiro atoms. The van der Waals surface area contributed by atoms with Gasteiger partial charge in [0.15, 0.2) is 0 Å². The summed E-state index contributed by atoms with van der Waals surface area (Å²) in [6.45, 7) is 6.26. The maximum atomic E-state index is 5.77. The van der Waals surface area contributed by atoms with Crippen LogP contribution >= 0.6 is 0 Å². The van der Waals surface area contributed by atoms with Gasteiger partial charge in [-0.1, -0.05) is 51.7 Å². The molecule has 0 radical (unpaired) electrons. The first-order valence-corrected chi connectivity index (χ1v) is 8.81. The monoisotopic (exact) mass is 289 g/mol. The van der Waals surface area contributed by atoms with Crippen LogP contribution in [0.4, 0.5) is 0 Å². The van der Waals surface area contributed by atoms with Crippen LogP contribution in [-0.4, -0.2) is 13.2 Å². The smallest absolute Gasteiger partial charge is 0.119 e. The van der Waals surface area contributed by atoms with E-state index in [2.05, 4.69) is 43.4 Å². The predicted molar refractivity (Wildman–Crippen MR) is 89.8 cm³/mol. The second-order valence-corrected chi connectivity index (χ2v) is 6.20. The minimum atomic E-state index is 0.514. The summed E-state index contributed by atoms with van der Waals surface area (Å²) >= 11 is 0. The van der Waals surface area contributed by atoms with Gasteiger partial charge in [0.25, 0.3) is 0 Å². The summed E-state index contributed by atoms with van der Waals surface area (Å²) in [5.74, 6) is 1.80. The summed E-state index contributed by atoms with van der Waals surface area (Å²) in [4.78, 5) is 0. The number of hydrogen-bond donors (Lipinski definition) is 1. The van der Waals surface area contributed by atoms with E-state index in [9.17, 15) is 0 Å². The topological polar surface area (TPSA) is 21.3 Å². The van der Waals surface area contributed by atoms with Gasteiger partial charge in [-0.2, -0.15) is 0 Å². The van der Waals surface area contributed by atoms with Gasteiger partial charge in [0, 0.05) is 6.04 Å². The van der Waals surface area contributed by atoms with Gasteiger partial charge in [-0.15, -0.1) is 0 Å². The molecule has 0 aliphatic heterocycles. The molecule has 1 aliphatic rings. The molecule has 21 heavy (non-hydrogen) atoms. The second kappa shape index (κ2) is 9.09. The molecule has 0 aromatic heterocycles. The zero-order chi connectivity index (χ0) is 14.9. The molecule has 1 atom stereocenters. The highest BCUT2D eigenvalue weighted by Gasteiger charge is 2.24. The number of hydrogen-bond acceptors (Lipinski definition) is 2. The molecule has 2 heteroatoms. The van der Waals surface area contributed by atoms with Crippen LogP contribution < -0.4 is 10.1 Å². The predicted octanol–water partition coefficient (Wildman–Crippen LogP) is 5.10. The van der Waals surface area contributed by atoms with E-state index in [1.807, 2.05) is 0 Å². The van der Waals surface area contributed by atoms with Gasteiger partial charge in [-0.3, -0.25) is 0 Å². The molecular weight excluding hydrogens is 258 g/mol. The molecule has 1 aromatic carbocycles. The van der Waals surface area contributed by atoms with E-state index < -0.39 is 0 Å². The van der Waals surface area contributed by atoms with Crippen molar-refractivity contribution in [3.8, 4) is 5.75 Å². The van der Waals surface area contributed by atoms with Crippen LogP contribution in [0.3, 0.4) is 0 Å². The second-order valence-electron chi connectivity index (χ2n) is 6.20. The third-order valence-corrected chi connectivity index (χ3v) is 4.55. The van der Waals surface area contributed by atoms with Gasteiger partial charge in [-0.25, -0.2) is 0 Å². The highest BCUT2D eigenvalue weighted by atomic mass is 16.5. The van der Waals surface area contributed by atoms with Crippen molar-refractivity contribution in [3.05, 3.63) is 29.8 Å². The van der Waals surface area contributed by atoms with Crippen molar-refractivity contribution in [2.24, 2.45) is 5.92 Å². The Kier molecular flexibility index (Phi) is 7.08. The van der Waals surface area contributed by atoms with E-state index in [-0.39, 0.29) is 0 Å². The third kappa shape index (κ3) is 5.03. The Morgan fingerprint density at radius 2 is 1.81 bits per heavy atom. The Balaban J connectivity index is 1.98. The fourth-order valence-electron chi connectivity index (χ4n) is 3.35. The number of ether oxygens (including phenoxy) is 1. The van der Waals surface area contributed by atoms with E-state index in [1.54, 1.807) is 0 Å². The van der Waals surface area contributed by atoms with E-state index in [4.69, 9.17) is 4.74 Å². The van der Waals surface area contributed by atoms with Gasteiger partial charge in [0.2, 0.25) is 0 Å². The van der Waals surface area contributed by atoms with Gasteiger partial charge >= 0.3 is 0 Å². The molecule has 0 amide bonds. The standard InChI is InChI=1S/C19H31NO/c1-3-5-15-21-18-13-11-17(12-14-18)19(20-4-2)16-9-7-6-8-10-16/h11-14,16,19-20H,3-10,15H2,1-2H3. The minimum absolute atomic E-state index is 0.514. The average Bonchev–Trinajstić information content (AvgIpc) is 2.54. The third-order valence-electron chi connectivity index (χ3n) is 4.55. The zero-order valence-electron chi connectivity index (χ0n) is 13.7. The van der Waals surface area contributed by atoms with Crippen molar-refractivity contribution < 1.29 is 4.74 Å². The Bertz CT molecular complexity index is 381. The largest absolute Gasteiger partial charge is 0.494 e. The van der Waals surface area contributed by atoms with Crippen molar-refractivity contribution >= 4 is 0 Å². The minimum Gasteiger partial charge on any atom is -0.494 e. The SMILES string of the molecule is CCCCOc1ccc(C(NCC)C2CCCCC2)cc1. The van der Waals surface area contributed by atoms with E-state index in [0.29, 0.717) is 6.04 Å². The summed E-state index contributed by atoms with van der Waals surface area (Å²) in [6.07, 6.45) is 9.25. The highest BCUT2D eigenvalue weighted by molar-refractivity contribution is 5.29. The molecule has 0 heterocycles.